The second-order valence-corrected chi connectivity index (χ2v) is 6.20. The number of hydrogen-bond acceptors (Lipinski definition) is 1. The highest BCUT2D eigenvalue weighted by Crippen LogP contribution is 2.35. The Bertz CT molecular complexity index is 815. The first-order chi connectivity index (χ1) is 10.2. The minimum absolute atomic E-state index is 1.13. The average Bonchev–Trinajstić information content (AvgIpc) is 2.47. The third kappa shape index (κ3) is 2.04. The first-order valence-electron chi connectivity index (χ1n) is 7.70. The summed E-state index contributed by atoms with van der Waals surface area (Å²) in [5.74, 6) is 0. The summed E-state index contributed by atoms with van der Waals surface area (Å²) in [5.41, 5.74) is 7.87. The molecule has 1 heterocycles. The van der Waals surface area contributed by atoms with Gasteiger partial charge in [0.2, 0.25) is 0 Å². The summed E-state index contributed by atoms with van der Waals surface area (Å²) in [4.78, 5) is 4.81. The van der Waals surface area contributed by atoms with E-state index >= 15 is 0 Å². The molecule has 1 nitrogen and oxygen atoms in total. The molecule has 0 saturated carbocycles. The molecule has 3 aromatic rings. The van der Waals surface area contributed by atoms with Crippen LogP contribution in [0.15, 0.2) is 42.6 Å². The molecule has 0 radical (unpaired) electrons. The van der Waals surface area contributed by atoms with Gasteiger partial charge in [-0.05, 0) is 61.8 Å². The first-order valence-corrected chi connectivity index (χ1v) is 7.70. The van der Waals surface area contributed by atoms with Crippen LogP contribution in [0.5, 0.6) is 0 Å². The van der Waals surface area contributed by atoms with Crippen LogP contribution in [0.25, 0.3) is 22.0 Å². The maximum atomic E-state index is 4.81. The van der Waals surface area contributed by atoms with Crippen LogP contribution in [0.2, 0.25) is 0 Å². The van der Waals surface area contributed by atoms with Crippen LogP contribution in [0.3, 0.4) is 0 Å². The summed E-state index contributed by atoms with van der Waals surface area (Å²) < 4.78 is 0. The van der Waals surface area contributed by atoms with Crippen molar-refractivity contribution in [3.63, 3.8) is 0 Å². The highest BCUT2D eigenvalue weighted by molar-refractivity contribution is 5.98. The SMILES string of the molecule is Cc1cc(C)cc(-c2ncc3c4c(cccc24)CCC3)c1. The van der Waals surface area contributed by atoms with Crippen molar-refractivity contribution in [2.45, 2.75) is 33.1 Å². The zero-order valence-electron chi connectivity index (χ0n) is 12.6. The van der Waals surface area contributed by atoms with E-state index < -0.39 is 0 Å². The van der Waals surface area contributed by atoms with Gasteiger partial charge >= 0.3 is 0 Å². The van der Waals surface area contributed by atoms with E-state index in [9.17, 15) is 0 Å². The van der Waals surface area contributed by atoms with Crippen molar-refractivity contribution >= 4 is 10.8 Å². The molecule has 2 aromatic carbocycles. The van der Waals surface area contributed by atoms with E-state index in [4.69, 9.17) is 4.98 Å². The van der Waals surface area contributed by atoms with Gasteiger partial charge in [0.05, 0.1) is 5.69 Å². The quantitative estimate of drug-likeness (QED) is 0.607. The van der Waals surface area contributed by atoms with E-state index in [1.807, 2.05) is 0 Å². The van der Waals surface area contributed by atoms with Gasteiger partial charge in [-0.3, -0.25) is 4.98 Å². The molecule has 1 aromatic heterocycles. The Labute approximate surface area is 125 Å². The monoisotopic (exact) mass is 273 g/mol. The highest BCUT2D eigenvalue weighted by atomic mass is 14.7. The van der Waals surface area contributed by atoms with Crippen LogP contribution in [0.4, 0.5) is 0 Å². The number of pyridine rings is 1. The number of nitrogens with zero attached hydrogens (tertiary/aromatic N) is 1. The van der Waals surface area contributed by atoms with Gasteiger partial charge in [-0.25, -0.2) is 0 Å². The van der Waals surface area contributed by atoms with Crippen molar-refractivity contribution in [3.8, 4) is 11.3 Å². The van der Waals surface area contributed by atoms with Crippen LogP contribution in [0, 0.1) is 13.8 Å². The van der Waals surface area contributed by atoms with Gasteiger partial charge in [-0.15, -0.1) is 0 Å². The Kier molecular flexibility index (Phi) is 2.81. The largest absolute Gasteiger partial charge is 0.255 e. The zero-order valence-corrected chi connectivity index (χ0v) is 12.6. The van der Waals surface area contributed by atoms with Crippen LogP contribution < -0.4 is 0 Å². The smallest absolute Gasteiger partial charge is 0.0780 e. The Morgan fingerprint density at radius 2 is 1.67 bits per heavy atom. The molecule has 0 N–H and O–H groups in total. The molecule has 104 valence electrons. The van der Waals surface area contributed by atoms with Gasteiger partial charge in [-0.2, -0.15) is 0 Å². The summed E-state index contributed by atoms with van der Waals surface area (Å²) >= 11 is 0. The standard InChI is InChI=1S/C20H19N/c1-13-9-14(2)11-17(10-13)20-18-8-4-6-15-5-3-7-16(12-21-20)19(15)18/h4,6,8-12H,3,5,7H2,1-2H3. The summed E-state index contributed by atoms with van der Waals surface area (Å²) in [6.07, 6.45) is 5.70. The third-order valence-electron chi connectivity index (χ3n) is 4.46. The van der Waals surface area contributed by atoms with Crippen molar-refractivity contribution in [3.05, 3.63) is 64.8 Å². The minimum atomic E-state index is 1.13. The summed E-state index contributed by atoms with van der Waals surface area (Å²) in [6, 6.07) is 13.4. The molecule has 0 saturated heterocycles. The number of benzene rings is 2. The molecular weight excluding hydrogens is 254 g/mol. The molecule has 0 fully saturated rings. The van der Waals surface area contributed by atoms with Gasteiger partial charge < -0.3 is 0 Å². The Balaban J connectivity index is 2.05. The lowest BCUT2D eigenvalue weighted by molar-refractivity contribution is 0.804. The second kappa shape index (κ2) is 4.70. The fourth-order valence-corrected chi connectivity index (χ4v) is 3.66. The van der Waals surface area contributed by atoms with Crippen molar-refractivity contribution in [1.82, 2.24) is 4.98 Å². The summed E-state index contributed by atoms with van der Waals surface area (Å²) in [7, 11) is 0. The molecule has 0 amide bonds. The zero-order chi connectivity index (χ0) is 14.4. The molecule has 0 aliphatic heterocycles. The molecule has 1 aliphatic rings. The van der Waals surface area contributed by atoms with E-state index in [1.54, 1.807) is 0 Å². The summed E-state index contributed by atoms with van der Waals surface area (Å²) in [6.45, 7) is 4.31. The fraction of sp³-hybridized carbons (Fsp3) is 0.250. The molecule has 1 aliphatic carbocycles. The van der Waals surface area contributed by atoms with Gasteiger partial charge in [0, 0.05) is 17.1 Å². The molecule has 4 rings (SSSR count). The van der Waals surface area contributed by atoms with E-state index in [0.717, 1.165) is 12.1 Å². The fourth-order valence-electron chi connectivity index (χ4n) is 3.66. The van der Waals surface area contributed by atoms with Crippen LogP contribution in [0.1, 0.15) is 28.7 Å². The van der Waals surface area contributed by atoms with Gasteiger partial charge in [0.15, 0.2) is 0 Å². The van der Waals surface area contributed by atoms with Crippen molar-refractivity contribution < 1.29 is 0 Å². The molecule has 0 unspecified atom stereocenters. The Morgan fingerprint density at radius 3 is 2.48 bits per heavy atom. The van der Waals surface area contributed by atoms with E-state index in [-0.39, 0.29) is 0 Å². The predicted molar refractivity (Wildman–Crippen MR) is 88.7 cm³/mol. The third-order valence-corrected chi connectivity index (χ3v) is 4.46. The maximum absolute atomic E-state index is 4.81. The number of aromatic nitrogens is 1. The van der Waals surface area contributed by atoms with E-state index in [1.165, 1.54) is 51.4 Å². The topological polar surface area (TPSA) is 12.9 Å². The van der Waals surface area contributed by atoms with Gasteiger partial charge in [0.1, 0.15) is 0 Å². The van der Waals surface area contributed by atoms with Crippen molar-refractivity contribution in [1.29, 1.82) is 0 Å². The predicted octanol–water partition coefficient (Wildman–Crippen LogP) is 5.01. The van der Waals surface area contributed by atoms with Crippen molar-refractivity contribution in [2.75, 3.05) is 0 Å². The second-order valence-electron chi connectivity index (χ2n) is 6.20. The molecule has 21 heavy (non-hydrogen) atoms. The maximum Gasteiger partial charge on any atom is 0.0780 e. The highest BCUT2D eigenvalue weighted by Gasteiger charge is 2.16. The molecule has 0 atom stereocenters. The normalized spacial score (nSPS) is 13.6. The number of rotatable bonds is 1. The lowest BCUT2D eigenvalue weighted by Crippen LogP contribution is -2.03. The molecule has 0 bridgehead atoms. The van der Waals surface area contributed by atoms with Gasteiger partial charge in [0.25, 0.3) is 0 Å². The Hall–Kier alpha value is -2.15. The molecule has 1 heteroatoms. The van der Waals surface area contributed by atoms with Gasteiger partial charge in [-0.1, -0.05) is 35.4 Å². The van der Waals surface area contributed by atoms with Crippen LogP contribution in [-0.2, 0) is 12.8 Å². The summed E-state index contributed by atoms with van der Waals surface area (Å²) in [5, 5.41) is 2.77. The molecule has 0 spiro atoms. The minimum Gasteiger partial charge on any atom is -0.255 e. The number of aryl methyl sites for hydroxylation is 4. The van der Waals surface area contributed by atoms with Crippen LogP contribution >= 0.6 is 0 Å². The lowest BCUT2D eigenvalue weighted by Gasteiger charge is -2.18. The molecular formula is C20H19N. The van der Waals surface area contributed by atoms with E-state index in [2.05, 4.69) is 56.4 Å². The lowest BCUT2D eigenvalue weighted by atomic mass is 9.88. The first kappa shape index (κ1) is 12.6. The number of hydrogen-bond donors (Lipinski definition) is 0. The average molecular weight is 273 g/mol. The van der Waals surface area contributed by atoms with Crippen LogP contribution in [-0.4, -0.2) is 4.98 Å². The Morgan fingerprint density at radius 1 is 0.905 bits per heavy atom. The van der Waals surface area contributed by atoms with E-state index in [0.29, 0.717) is 0 Å². The van der Waals surface area contributed by atoms with Crippen molar-refractivity contribution in [2.24, 2.45) is 0 Å².